The SMILES string of the molecule is COC(=O)c1ccc(CC(=O)Nc2cc(C(=O)NCc3ccc4c(c3)NC(=O)CO4)ncn2)cc1C. The van der Waals surface area contributed by atoms with Gasteiger partial charge < -0.3 is 25.4 Å². The fourth-order valence-corrected chi connectivity index (χ4v) is 3.61. The van der Waals surface area contributed by atoms with E-state index in [-0.39, 0.29) is 42.9 Å². The first-order valence-corrected chi connectivity index (χ1v) is 11.0. The van der Waals surface area contributed by atoms with Crippen LogP contribution < -0.4 is 20.7 Å². The lowest BCUT2D eigenvalue weighted by molar-refractivity contribution is -0.118. The fourth-order valence-electron chi connectivity index (χ4n) is 3.61. The Morgan fingerprint density at radius 2 is 1.89 bits per heavy atom. The van der Waals surface area contributed by atoms with Crippen LogP contribution in [-0.4, -0.2) is 47.4 Å². The molecule has 4 rings (SSSR count). The Hall–Kier alpha value is -4.80. The van der Waals surface area contributed by atoms with Crippen molar-refractivity contribution >= 4 is 35.2 Å². The van der Waals surface area contributed by atoms with Crippen molar-refractivity contribution in [2.24, 2.45) is 0 Å². The normalized spacial score (nSPS) is 12.0. The second-order valence-corrected chi connectivity index (χ2v) is 8.00. The highest BCUT2D eigenvalue weighted by molar-refractivity contribution is 5.96. The Kier molecular flexibility index (Phi) is 7.19. The summed E-state index contributed by atoms with van der Waals surface area (Å²) in [7, 11) is 1.31. The van der Waals surface area contributed by atoms with Crippen molar-refractivity contribution in [1.29, 1.82) is 0 Å². The third-order valence-corrected chi connectivity index (χ3v) is 5.36. The number of rotatable bonds is 7. The van der Waals surface area contributed by atoms with Crippen LogP contribution in [0.4, 0.5) is 11.5 Å². The molecule has 0 atom stereocenters. The van der Waals surface area contributed by atoms with Crippen molar-refractivity contribution in [2.75, 3.05) is 24.4 Å². The number of esters is 1. The maximum Gasteiger partial charge on any atom is 0.338 e. The third-order valence-electron chi connectivity index (χ3n) is 5.36. The molecule has 0 saturated heterocycles. The van der Waals surface area contributed by atoms with Crippen molar-refractivity contribution in [3.63, 3.8) is 0 Å². The molecule has 11 nitrogen and oxygen atoms in total. The van der Waals surface area contributed by atoms with Crippen molar-refractivity contribution in [3.05, 3.63) is 76.7 Å². The van der Waals surface area contributed by atoms with Gasteiger partial charge in [0.2, 0.25) is 5.91 Å². The second-order valence-electron chi connectivity index (χ2n) is 8.00. The highest BCUT2D eigenvalue weighted by atomic mass is 16.5. The maximum atomic E-state index is 12.6. The molecule has 0 fully saturated rings. The number of carbonyl (C=O) groups is 4. The van der Waals surface area contributed by atoms with E-state index in [0.29, 0.717) is 28.1 Å². The maximum absolute atomic E-state index is 12.6. The largest absolute Gasteiger partial charge is 0.482 e. The van der Waals surface area contributed by atoms with Crippen LogP contribution in [0, 0.1) is 6.92 Å². The molecule has 1 aliphatic rings. The highest BCUT2D eigenvalue weighted by Crippen LogP contribution is 2.28. The van der Waals surface area contributed by atoms with Crippen molar-refractivity contribution in [3.8, 4) is 5.75 Å². The van der Waals surface area contributed by atoms with Gasteiger partial charge in [0.25, 0.3) is 11.8 Å². The smallest absolute Gasteiger partial charge is 0.338 e. The highest BCUT2D eigenvalue weighted by Gasteiger charge is 2.17. The van der Waals surface area contributed by atoms with Gasteiger partial charge in [-0.1, -0.05) is 18.2 Å². The molecule has 184 valence electrons. The van der Waals surface area contributed by atoms with E-state index in [0.717, 1.165) is 5.56 Å². The lowest BCUT2D eigenvalue weighted by atomic mass is 10.0. The lowest BCUT2D eigenvalue weighted by Gasteiger charge is -2.18. The number of ether oxygens (including phenoxy) is 2. The van der Waals surface area contributed by atoms with E-state index >= 15 is 0 Å². The Morgan fingerprint density at radius 1 is 1.08 bits per heavy atom. The van der Waals surface area contributed by atoms with E-state index < -0.39 is 11.9 Å². The summed E-state index contributed by atoms with van der Waals surface area (Å²) < 4.78 is 10.1. The molecule has 3 amide bonds. The molecule has 0 spiro atoms. The number of fused-ring (bicyclic) bond motifs is 1. The van der Waals surface area contributed by atoms with E-state index in [1.165, 1.54) is 19.5 Å². The summed E-state index contributed by atoms with van der Waals surface area (Å²) in [5, 5.41) is 8.11. The van der Waals surface area contributed by atoms with Gasteiger partial charge >= 0.3 is 5.97 Å². The van der Waals surface area contributed by atoms with Crippen LogP contribution in [0.1, 0.15) is 37.5 Å². The molecule has 1 aliphatic heterocycles. The summed E-state index contributed by atoms with van der Waals surface area (Å²) in [5.74, 6) is -0.744. The minimum atomic E-state index is -0.458. The van der Waals surface area contributed by atoms with Gasteiger partial charge in [-0.3, -0.25) is 14.4 Å². The Labute approximate surface area is 206 Å². The van der Waals surface area contributed by atoms with Gasteiger partial charge in [-0.25, -0.2) is 14.8 Å². The quantitative estimate of drug-likeness (QED) is 0.427. The first kappa shape index (κ1) is 24.3. The summed E-state index contributed by atoms with van der Waals surface area (Å²) in [6.07, 6.45) is 1.23. The van der Waals surface area contributed by atoms with Crippen LogP contribution in [0.3, 0.4) is 0 Å². The van der Waals surface area contributed by atoms with Crippen LogP contribution in [0.15, 0.2) is 48.8 Å². The Balaban J connectivity index is 1.35. The van der Waals surface area contributed by atoms with Gasteiger partial charge in [0.05, 0.1) is 24.8 Å². The van der Waals surface area contributed by atoms with Gasteiger partial charge in [-0.05, 0) is 41.8 Å². The summed E-state index contributed by atoms with van der Waals surface area (Å²) in [4.78, 5) is 56.3. The number of methoxy groups -OCH3 is 1. The number of nitrogens with one attached hydrogen (secondary N) is 3. The third kappa shape index (κ3) is 5.81. The molecule has 3 N–H and O–H groups in total. The molecule has 0 saturated carbocycles. The van der Waals surface area contributed by atoms with Gasteiger partial charge in [-0.2, -0.15) is 0 Å². The van der Waals surface area contributed by atoms with Crippen molar-refractivity contribution in [2.45, 2.75) is 19.9 Å². The average molecular weight is 489 g/mol. The van der Waals surface area contributed by atoms with Gasteiger partial charge in [0, 0.05) is 12.6 Å². The Bertz CT molecular complexity index is 1360. The number of aromatic nitrogens is 2. The van der Waals surface area contributed by atoms with E-state index in [1.54, 1.807) is 43.3 Å². The van der Waals surface area contributed by atoms with Crippen LogP contribution in [0.25, 0.3) is 0 Å². The van der Waals surface area contributed by atoms with Gasteiger partial charge in [0.1, 0.15) is 23.6 Å². The zero-order valence-electron chi connectivity index (χ0n) is 19.6. The number of aryl methyl sites for hydroxylation is 1. The molecule has 3 aromatic rings. The summed E-state index contributed by atoms with van der Waals surface area (Å²) in [6, 6.07) is 11.6. The van der Waals surface area contributed by atoms with Crippen LogP contribution >= 0.6 is 0 Å². The van der Waals surface area contributed by atoms with Gasteiger partial charge in [-0.15, -0.1) is 0 Å². The first-order chi connectivity index (χ1) is 17.3. The molecule has 1 aromatic heterocycles. The molecular formula is C25H23N5O6. The monoisotopic (exact) mass is 489 g/mol. The fraction of sp³-hybridized carbons (Fsp3) is 0.200. The topological polar surface area (TPSA) is 149 Å². The summed E-state index contributed by atoms with van der Waals surface area (Å²) in [5.41, 5.74) is 3.21. The van der Waals surface area contributed by atoms with E-state index in [4.69, 9.17) is 9.47 Å². The number of hydrogen-bond donors (Lipinski definition) is 3. The number of carbonyl (C=O) groups excluding carboxylic acids is 4. The number of benzene rings is 2. The minimum absolute atomic E-state index is 0.0308. The number of amides is 3. The summed E-state index contributed by atoms with van der Waals surface area (Å²) in [6.45, 7) is 1.92. The number of anilines is 2. The second kappa shape index (κ2) is 10.6. The molecule has 0 bridgehead atoms. The average Bonchev–Trinajstić information content (AvgIpc) is 2.86. The molecule has 0 aliphatic carbocycles. The van der Waals surface area contributed by atoms with E-state index in [1.807, 2.05) is 0 Å². The van der Waals surface area contributed by atoms with Crippen molar-refractivity contribution < 1.29 is 28.7 Å². The van der Waals surface area contributed by atoms with Crippen LogP contribution in [0.2, 0.25) is 0 Å². The lowest BCUT2D eigenvalue weighted by Crippen LogP contribution is -2.26. The molecule has 2 heterocycles. The van der Waals surface area contributed by atoms with Crippen molar-refractivity contribution in [1.82, 2.24) is 15.3 Å². The predicted octanol–water partition coefficient (Wildman–Crippen LogP) is 2.01. The van der Waals surface area contributed by atoms with Crippen LogP contribution in [-0.2, 0) is 27.3 Å². The number of hydrogen-bond acceptors (Lipinski definition) is 8. The Morgan fingerprint density at radius 3 is 2.67 bits per heavy atom. The molecule has 0 radical (unpaired) electrons. The first-order valence-electron chi connectivity index (χ1n) is 11.0. The van der Waals surface area contributed by atoms with E-state index in [2.05, 4.69) is 25.9 Å². The summed E-state index contributed by atoms with van der Waals surface area (Å²) >= 11 is 0. The minimum Gasteiger partial charge on any atom is -0.482 e. The molecule has 0 unspecified atom stereocenters. The zero-order chi connectivity index (χ0) is 25.7. The van der Waals surface area contributed by atoms with Gasteiger partial charge in [0.15, 0.2) is 6.61 Å². The molecule has 36 heavy (non-hydrogen) atoms. The number of nitrogens with zero attached hydrogens (tertiary/aromatic N) is 2. The predicted molar refractivity (Wildman–Crippen MR) is 129 cm³/mol. The van der Waals surface area contributed by atoms with Crippen LogP contribution in [0.5, 0.6) is 5.75 Å². The van der Waals surface area contributed by atoms with E-state index in [9.17, 15) is 19.2 Å². The zero-order valence-corrected chi connectivity index (χ0v) is 19.6. The standard InChI is InChI=1S/C25H23N5O6/c1-14-7-15(3-5-17(14)25(34)35-2)9-22(31)30-21-10-19(27-13-28-21)24(33)26-11-16-4-6-20-18(8-16)29-23(32)12-36-20/h3-8,10,13H,9,11-12H2,1-2H3,(H,26,33)(H,29,32)(H,27,28,30,31). The molecular weight excluding hydrogens is 466 g/mol. The molecule has 2 aromatic carbocycles. The molecule has 11 heteroatoms.